The standard InChI is InChI=1S/C17H8NOSe.C5H8O2.Ir/c1-4-10-15-13(7-1)20-14-8-2-5-11(16(14)15)19-12-6-3-9-18-17(10)12;1-4(6)3-5(2)7;/h1-3,5-9H;3,6H,1-2H3;/q-1;;/b;4-3-;. The molecule has 0 aliphatic carbocycles. The topological polar surface area (TPSA) is 63.3 Å². The van der Waals surface area contributed by atoms with E-state index in [9.17, 15) is 4.79 Å². The van der Waals surface area contributed by atoms with Crippen molar-refractivity contribution in [1.82, 2.24) is 4.98 Å². The first-order valence-electron chi connectivity index (χ1n) is 8.41. The van der Waals surface area contributed by atoms with E-state index in [0.717, 1.165) is 22.1 Å². The molecule has 0 spiro atoms. The van der Waals surface area contributed by atoms with E-state index in [2.05, 4.69) is 29.2 Å². The van der Waals surface area contributed by atoms with E-state index < -0.39 is 0 Å². The first-order chi connectivity index (χ1) is 13.0. The van der Waals surface area contributed by atoms with Crippen molar-refractivity contribution in [3.05, 3.63) is 66.6 Å². The molecule has 1 N–H and O–H groups in total. The maximum atomic E-state index is 10.0. The predicted octanol–water partition coefficient (Wildman–Crippen LogP) is 5.18. The molecular formula is C22H16IrNO3Se-. The molecule has 0 aliphatic heterocycles. The number of fused-ring (bicyclic) bond motifs is 2. The van der Waals surface area contributed by atoms with Gasteiger partial charge >= 0.3 is 120 Å². The summed E-state index contributed by atoms with van der Waals surface area (Å²) < 4.78 is 8.91. The van der Waals surface area contributed by atoms with Gasteiger partial charge in [-0.2, -0.15) is 0 Å². The number of hydrogen-bond acceptors (Lipinski definition) is 4. The van der Waals surface area contributed by atoms with Crippen molar-refractivity contribution in [2.75, 3.05) is 0 Å². The molecule has 5 rings (SSSR count). The summed E-state index contributed by atoms with van der Waals surface area (Å²) >= 11 is 0.347. The third-order valence-corrected chi connectivity index (χ3v) is 6.41. The molecule has 4 nitrogen and oxygen atoms in total. The van der Waals surface area contributed by atoms with Crippen LogP contribution in [0.4, 0.5) is 0 Å². The maximum absolute atomic E-state index is 10.0. The number of aliphatic hydroxyl groups is 1. The zero-order valence-corrected chi connectivity index (χ0v) is 19.3. The number of aliphatic hydroxyl groups excluding tert-OH is 1. The van der Waals surface area contributed by atoms with E-state index in [1.165, 1.54) is 39.2 Å². The van der Waals surface area contributed by atoms with Gasteiger partial charge in [-0.05, 0) is 13.8 Å². The van der Waals surface area contributed by atoms with Gasteiger partial charge in [-0.3, -0.25) is 4.79 Å². The minimum absolute atomic E-state index is 0. The number of rotatable bonds is 1. The number of benzene rings is 2. The Morgan fingerprint density at radius 2 is 1.86 bits per heavy atom. The zero-order valence-electron chi connectivity index (χ0n) is 15.1. The van der Waals surface area contributed by atoms with Gasteiger partial charge in [0, 0.05) is 26.2 Å². The van der Waals surface area contributed by atoms with E-state index in [1.54, 1.807) is 0 Å². The van der Waals surface area contributed by atoms with Crippen molar-refractivity contribution in [3.8, 4) is 0 Å². The Kier molecular flexibility index (Phi) is 6.16. The number of aromatic nitrogens is 1. The fraction of sp³-hybridized carbons (Fsp3) is 0.0909. The Hall–Kier alpha value is -2.23. The van der Waals surface area contributed by atoms with Crippen LogP contribution in [-0.2, 0) is 24.9 Å². The third kappa shape index (κ3) is 3.82. The number of carbonyl (C=O) groups excluding carboxylic acids is 1. The van der Waals surface area contributed by atoms with Crippen LogP contribution < -0.4 is 0 Å². The fourth-order valence-electron chi connectivity index (χ4n) is 3.12. The number of nitrogens with zero attached hydrogens (tertiary/aromatic N) is 1. The van der Waals surface area contributed by atoms with Crippen LogP contribution >= 0.6 is 0 Å². The van der Waals surface area contributed by atoms with Crippen LogP contribution in [0.3, 0.4) is 0 Å². The van der Waals surface area contributed by atoms with Gasteiger partial charge in [0.25, 0.3) is 0 Å². The Labute approximate surface area is 181 Å². The van der Waals surface area contributed by atoms with Gasteiger partial charge in [-0.25, -0.2) is 0 Å². The average Bonchev–Trinajstić information content (AvgIpc) is 2.93. The van der Waals surface area contributed by atoms with Crippen molar-refractivity contribution >= 4 is 61.6 Å². The van der Waals surface area contributed by atoms with Crippen molar-refractivity contribution in [3.63, 3.8) is 0 Å². The van der Waals surface area contributed by atoms with Gasteiger partial charge in [0.15, 0.2) is 5.78 Å². The molecule has 2 aromatic carbocycles. The molecule has 0 unspecified atom stereocenters. The first-order valence-corrected chi connectivity index (χ1v) is 10.1. The number of carbonyl (C=O) groups is 1. The molecule has 0 saturated carbocycles. The van der Waals surface area contributed by atoms with Gasteiger partial charge in [0.05, 0.1) is 5.76 Å². The van der Waals surface area contributed by atoms with E-state index in [4.69, 9.17) is 9.52 Å². The quantitative estimate of drug-likeness (QED) is 0.123. The van der Waals surface area contributed by atoms with Crippen molar-refractivity contribution in [2.24, 2.45) is 0 Å². The monoisotopic (exact) mass is 615 g/mol. The van der Waals surface area contributed by atoms with E-state index in [0.29, 0.717) is 14.5 Å². The van der Waals surface area contributed by atoms with Crippen molar-refractivity contribution in [2.45, 2.75) is 13.8 Å². The van der Waals surface area contributed by atoms with Gasteiger partial charge in [0.2, 0.25) is 0 Å². The molecule has 6 heteroatoms. The Balaban J connectivity index is 0.000000246. The van der Waals surface area contributed by atoms with Gasteiger partial charge < -0.3 is 5.11 Å². The van der Waals surface area contributed by atoms with Gasteiger partial charge in [0.1, 0.15) is 0 Å². The molecule has 0 atom stereocenters. The molecule has 5 aromatic rings. The van der Waals surface area contributed by atoms with Crippen LogP contribution in [0.15, 0.2) is 64.9 Å². The summed E-state index contributed by atoms with van der Waals surface area (Å²) in [6, 6.07) is 17.8. The number of pyridine rings is 1. The molecule has 143 valence electrons. The van der Waals surface area contributed by atoms with Crippen LogP contribution in [-0.4, -0.2) is 30.4 Å². The SMILES string of the molecule is CC(=O)/C=C(/C)O.[Ir].[c-]1ccc2[se]c3cccc4oc5cccnc5c1c2c43. The predicted molar refractivity (Wildman–Crippen MR) is 109 cm³/mol. The summed E-state index contributed by atoms with van der Waals surface area (Å²) in [5.41, 5.74) is 2.65. The molecule has 0 aliphatic rings. The summed E-state index contributed by atoms with van der Waals surface area (Å²) in [4.78, 5) is 14.5. The first kappa shape index (κ1) is 20.5. The molecule has 0 saturated heterocycles. The Bertz CT molecular complexity index is 1330. The molecule has 3 aromatic heterocycles. The summed E-state index contributed by atoms with van der Waals surface area (Å²) in [5.74, 6) is -0.0625. The Morgan fingerprint density at radius 1 is 1.11 bits per heavy atom. The second-order valence-electron chi connectivity index (χ2n) is 6.17. The van der Waals surface area contributed by atoms with Crippen LogP contribution in [0.5, 0.6) is 0 Å². The summed E-state index contributed by atoms with van der Waals surface area (Å²) in [6.07, 6.45) is 2.98. The number of hydrogen-bond donors (Lipinski definition) is 1. The molecule has 1 radical (unpaired) electrons. The normalized spacial score (nSPS) is 11.4. The van der Waals surface area contributed by atoms with Gasteiger partial charge in [-0.15, -0.1) is 0 Å². The van der Waals surface area contributed by atoms with Crippen LogP contribution in [0.2, 0.25) is 0 Å². The van der Waals surface area contributed by atoms with E-state index in [1.807, 2.05) is 30.5 Å². The molecule has 3 heterocycles. The zero-order chi connectivity index (χ0) is 19.0. The summed E-state index contributed by atoms with van der Waals surface area (Å²) in [7, 11) is 0. The van der Waals surface area contributed by atoms with Crippen molar-refractivity contribution in [1.29, 1.82) is 0 Å². The second-order valence-corrected chi connectivity index (χ2v) is 8.45. The molecule has 28 heavy (non-hydrogen) atoms. The van der Waals surface area contributed by atoms with Crippen molar-refractivity contribution < 1.29 is 34.4 Å². The van der Waals surface area contributed by atoms with E-state index >= 15 is 0 Å². The average molecular weight is 614 g/mol. The number of ketones is 1. The van der Waals surface area contributed by atoms with E-state index in [-0.39, 0.29) is 31.6 Å². The Morgan fingerprint density at radius 3 is 2.57 bits per heavy atom. The van der Waals surface area contributed by atoms with Crippen LogP contribution in [0.1, 0.15) is 13.8 Å². The third-order valence-electron chi connectivity index (χ3n) is 4.06. The van der Waals surface area contributed by atoms with Crippen LogP contribution in [0, 0.1) is 6.07 Å². The fourth-order valence-corrected chi connectivity index (χ4v) is 5.49. The minimum atomic E-state index is -0.125. The summed E-state index contributed by atoms with van der Waals surface area (Å²) in [6.45, 7) is 2.85. The molecular weight excluding hydrogens is 597 g/mol. The van der Waals surface area contributed by atoms with Gasteiger partial charge in [-0.1, -0.05) is 0 Å². The summed E-state index contributed by atoms with van der Waals surface area (Å²) in [5, 5.41) is 12.0. The van der Waals surface area contributed by atoms with Crippen LogP contribution in [0.25, 0.3) is 41.4 Å². The molecule has 0 amide bonds. The number of allylic oxidation sites excluding steroid dienone is 2. The molecule has 0 bridgehead atoms. The molecule has 0 fully saturated rings. The second kappa shape index (κ2) is 8.42.